The summed E-state index contributed by atoms with van der Waals surface area (Å²) in [5, 5.41) is 13.6. The highest BCUT2D eigenvalue weighted by Crippen LogP contribution is 2.26. The van der Waals surface area contributed by atoms with E-state index >= 15 is 0 Å². The van der Waals surface area contributed by atoms with E-state index in [1.807, 2.05) is 29.2 Å². The van der Waals surface area contributed by atoms with Gasteiger partial charge in [0, 0.05) is 38.3 Å². The molecule has 1 N–H and O–H groups in total. The number of rotatable bonds is 7. The normalized spacial score (nSPS) is 14.2. The fourth-order valence-electron chi connectivity index (χ4n) is 3.34. The molecule has 31 heavy (non-hydrogen) atoms. The fourth-order valence-corrected chi connectivity index (χ4v) is 3.56. The Hall–Kier alpha value is -3.17. The molecule has 1 saturated heterocycles. The lowest BCUT2D eigenvalue weighted by Crippen LogP contribution is -2.50. The lowest BCUT2D eigenvalue weighted by Gasteiger charge is -2.34. The van der Waals surface area contributed by atoms with E-state index < -0.39 is 4.92 Å². The minimum absolute atomic E-state index is 0.0371. The number of benzene rings is 2. The highest BCUT2D eigenvalue weighted by atomic mass is 35.5. The van der Waals surface area contributed by atoms with Gasteiger partial charge in [0.2, 0.25) is 11.8 Å². The lowest BCUT2D eigenvalue weighted by atomic mass is 10.1. The quantitative estimate of drug-likeness (QED) is 0.517. The molecular formula is C21H23ClN4O5. The van der Waals surface area contributed by atoms with Crippen molar-refractivity contribution in [2.75, 3.05) is 45.2 Å². The number of nitrogens with one attached hydrogen (secondary N) is 1. The standard InChI is InChI=1S/C21H23ClN4O5/c1-31-17-4-2-3-15(11-17)12-21(28)25-9-7-24(8-10-25)14-20(27)23-19-6-5-16(26(29)30)13-18(19)22/h2-6,11,13H,7-10,12,14H2,1H3,(H,23,27). The van der Waals surface area contributed by atoms with Crippen LogP contribution in [0, 0.1) is 10.1 Å². The van der Waals surface area contributed by atoms with E-state index in [1.54, 1.807) is 12.0 Å². The van der Waals surface area contributed by atoms with Gasteiger partial charge in [-0.2, -0.15) is 0 Å². The van der Waals surface area contributed by atoms with E-state index in [0.29, 0.717) is 44.0 Å². The van der Waals surface area contributed by atoms with Crippen LogP contribution in [0.15, 0.2) is 42.5 Å². The monoisotopic (exact) mass is 446 g/mol. The predicted molar refractivity (Wildman–Crippen MR) is 116 cm³/mol. The number of nitro groups is 1. The first-order chi connectivity index (χ1) is 14.9. The second-order valence-corrected chi connectivity index (χ2v) is 7.56. The van der Waals surface area contributed by atoms with Crippen molar-refractivity contribution in [2.24, 2.45) is 0 Å². The van der Waals surface area contributed by atoms with Crippen molar-refractivity contribution in [3.05, 3.63) is 63.2 Å². The molecule has 0 aliphatic carbocycles. The largest absolute Gasteiger partial charge is 0.497 e. The van der Waals surface area contributed by atoms with Crippen LogP contribution >= 0.6 is 11.6 Å². The van der Waals surface area contributed by atoms with E-state index in [0.717, 1.165) is 5.56 Å². The number of nitro benzene ring substituents is 1. The van der Waals surface area contributed by atoms with Gasteiger partial charge in [-0.05, 0) is 23.8 Å². The maximum absolute atomic E-state index is 12.6. The fraction of sp³-hybridized carbons (Fsp3) is 0.333. The van der Waals surface area contributed by atoms with Crippen molar-refractivity contribution in [1.29, 1.82) is 0 Å². The summed E-state index contributed by atoms with van der Waals surface area (Å²) in [5.74, 6) is 0.483. The van der Waals surface area contributed by atoms with Crippen molar-refractivity contribution in [3.8, 4) is 5.75 Å². The number of amides is 2. The average Bonchev–Trinajstić information content (AvgIpc) is 2.75. The van der Waals surface area contributed by atoms with Crippen LogP contribution < -0.4 is 10.1 Å². The molecular weight excluding hydrogens is 424 g/mol. The molecule has 0 spiro atoms. The second-order valence-electron chi connectivity index (χ2n) is 7.15. The number of methoxy groups -OCH3 is 1. The summed E-state index contributed by atoms with van der Waals surface area (Å²) in [7, 11) is 1.59. The molecule has 1 heterocycles. The summed E-state index contributed by atoms with van der Waals surface area (Å²) in [5.41, 5.74) is 1.08. The van der Waals surface area contributed by atoms with E-state index in [2.05, 4.69) is 5.32 Å². The Bertz CT molecular complexity index is 976. The molecule has 1 fully saturated rings. The van der Waals surface area contributed by atoms with Crippen LogP contribution in [-0.2, 0) is 16.0 Å². The summed E-state index contributed by atoms with van der Waals surface area (Å²) < 4.78 is 5.19. The number of ether oxygens (including phenoxy) is 1. The Morgan fingerprint density at radius 1 is 1.16 bits per heavy atom. The Morgan fingerprint density at radius 3 is 2.55 bits per heavy atom. The van der Waals surface area contributed by atoms with Gasteiger partial charge in [-0.3, -0.25) is 24.6 Å². The number of carbonyl (C=O) groups is 2. The summed E-state index contributed by atoms with van der Waals surface area (Å²) in [6, 6.07) is 11.3. The maximum Gasteiger partial charge on any atom is 0.271 e. The van der Waals surface area contributed by atoms with Crippen LogP contribution in [0.1, 0.15) is 5.56 Å². The molecule has 2 aromatic carbocycles. The van der Waals surface area contributed by atoms with Crippen molar-refractivity contribution in [2.45, 2.75) is 6.42 Å². The number of anilines is 1. The lowest BCUT2D eigenvalue weighted by molar-refractivity contribution is -0.384. The van der Waals surface area contributed by atoms with E-state index in [-0.39, 0.29) is 29.1 Å². The van der Waals surface area contributed by atoms with Gasteiger partial charge < -0.3 is 15.0 Å². The number of hydrogen-bond donors (Lipinski definition) is 1. The number of halogens is 1. The Kier molecular flexibility index (Phi) is 7.43. The van der Waals surface area contributed by atoms with Gasteiger partial charge in [-0.1, -0.05) is 23.7 Å². The molecule has 2 aromatic rings. The van der Waals surface area contributed by atoms with E-state index in [4.69, 9.17) is 16.3 Å². The third-order valence-electron chi connectivity index (χ3n) is 5.02. The molecule has 1 aliphatic rings. The van der Waals surface area contributed by atoms with Crippen molar-refractivity contribution in [3.63, 3.8) is 0 Å². The molecule has 0 unspecified atom stereocenters. The minimum atomic E-state index is -0.549. The smallest absolute Gasteiger partial charge is 0.271 e. The van der Waals surface area contributed by atoms with Gasteiger partial charge in [-0.15, -0.1) is 0 Å². The van der Waals surface area contributed by atoms with Gasteiger partial charge in [0.1, 0.15) is 5.75 Å². The van der Waals surface area contributed by atoms with Crippen LogP contribution in [0.25, 0.3) is 0 Å². The zero-order valence-electron chi connectivity index (χ0n) is 17.0. The molecule has 164 valence electrons. The summed E-state index contributed by atoms with van der Waals surface area (Å²) in [6.07, 6.45) is 0.302. The van der Waals surface area contributed by atoms with Crippen LogP contribution in [0.4, 0.5) is 11.4 Å². The number of hydrogen-bond acceptors (Lipinski definition) is 6. The number of carbonyl (C=O) groups excluding carboxylic acids is 2. The Morgan fingerprint density at radius 2 is 1.90 bits per heavy atom. The summed E-state index contributed by atoms with van der Waals surface area (Å²) >= 11 is 6.01. The molecule has 0 saturated carbocycles. The Balaban J connectivity index is 1.46. The number of non-ortho nitro benzene ring substituents is 1. The highest BCUT2D eigenvalue weighted by Gasteiger charge is 2.23. The Labute approximate surface area is 184 Å². The van der Waals surface area contributed by atoms with Crippen LogP contribution in [0.2, 0.25) is 5.02 Å². The molecule has 9 nitrogen and oxygen atoms in total. The van der Waals surface area contributed by atoms with Gasteiger partial charge in [-0.25, -0.2) is 0 Å². The van der Waals surface area contributed by atoms with Gasteiger partial charge in [0.15, 0.2) is 0 Å². The van der Waals surface area contributed by atoms with Gasteiger partial charge in [0.25, 0.3) is 5.69 Å². The molecule has 0 aromatic heterocycles. The number of piperazine rings is 1. The topological polar surface area (TPSA) is 105 Å². The predicted octanol–water partition coefficient (Wildman–Crippen LogP) is 2.58. The third kappa shape index (κ3) is 6.16. The SMILES string of the molecule is COc1cccc(CC(=O)N2CCN(CC(=O)Nc3ccc([N+](=O)[O-])cc3Cl)CC2)c1. The first kappa shape index (κ1) is 22.5. The van der Waals surface area contributed by atoms with Crippen molar-refractivity contribution >= 4 is 34.8 Å². The van der Waals surface area contributed by atoms with Crippen molar-refractivity contribution in [1.82, 2.24) is 9.80 Å². The third-order valence-corrected chi connectivity index (χ3v) is 5.33. The first-order valence-electron chi connectivity index (χ1n) is 9.72. The molecule has 3 rings (SSSR count). The zero-order valence-corrected chi connectivity index (χ0v) is 17.8. The van der Waals surface area contributed by atoms with E-state index in [9.17, 15) is 19.7 Å². The molecule has 0 atom stereocenters. The molecule has 10 heteroatoms. The van der Waals surface area contributed by atoms with Crippen LogP contribution in [0.3, 0.4) is 0 Å². The van der Waals surface area contributed by atoms with Crippen LogP contribution in [0.5, 0.6) is 5.75 Å². The number of nitrogens with zero attached hydrogens (tertiary/aromatic N) is 3. The van der Waals surface area contributed by atoms with E-state index in [1.165, 1.54) is 18.2 Å². The summed E-state index contributed by atoms with van der Waals surface area (Å²) in [6.45, 7) is 2.37. The molecule has 0 radical (unpaired) electrons. The minimum Gasteiger partial charge on any atom is -0.497 e. The molecule has 2 amide bonds. The molecule has 1 aliphatic heterocycles. The molecule has 0 bridgehead atoms. The highest BCUT2D eigenvalue weighted by molar-refractivity contribution is 6.34. The van der Waals surface area contributed by atoms with Gasteiger partial charge in [0.05, 0.1) is 35.7 Å². The first-order valence-corrected chi connectivity index (χ1v) is 10.1. The van der Waals surface area contributed by atoms with Crippen molar-refractivity contribution < 1.29 is 19.2 Å². The average molecular weight is 447 g/mol. The maximum atomic E-state index is 12.6. The van der Waals surface area contributed by atoms with Crippen LogP contribution in [-0.4, -0.2) is 66.4 Å². The summed E-state index contributed by atoms with van der Waals surface area (Å²) in [4.78, 5) is 38.9. The van der Waals surface area contributed by atoms with Gasteiger partial charge >= 0.3 is 0 Å². The zero-order chi connectivity index (χ0) is 22.4. The second kappa shape index (κ2) is 10.2.